The third-order valence-corrected chi connectivity index (χ3v) is 2.47. The highest BCUT2D eigenvalue weighted by molar-refractivity contribution is 5.81. The first kappa shape index (κ1) is 14.4. The lowest BCUT2D eigenvalue weighted by molar-refractivity contribution is -0.123. The Kier molecular flexibility index (Phi) is 8.33. The van der Waals surface area contributed by atoms with Crippen LogP contribution in [0.5, 0.6) is 0 Å². The standard InChI is InChI=1S/C11H24N2O2/c1-5-10(6-2)13-9(3)11(14)12-7-8-15-4/h9-10,13H,5-8H2,1-4H3,(H,12,14). The van der Waals surface area contributed by atoms with Gasteiger partial charge >= 0.3 is 0 Å². The fraction of sp³-hybridized carbons (Fsp3) is 0.909. The van der Waals surface area contributed by atoms with Crippen LogP contribution in [0.1, 0.15) is 33.6 Å². The predicted octanol–water partition coefficient (Wildman–Crippen LogP) is 0.916. The number of nitrogens with one attached hydrogen (secondary N) is 2. The van der Waals surface area contributed by atoms with Crippen molar-refractivity contribution in [3.8, 4) is 0 Å². The number of carbonyl (C=O) groups is 1. The highest BCUT2D eigenvalue weighted by atomic mass is 16.5. The summed E-state index contributed by atoms with van der Waals surface area (Å²) in [5.74, 6) is 0.0407. The molecule has 1 unspecified atom stereocenters. The van der Waals surface area contributed by atoms with Gasteiger partial charge in [-0.05, 0) is 19.8 Å². The van der Waals surface area contributed by atoms with Crippen molar-refractivity contribution in [3.05, 3.63) is 0 Å². The summed E-state index contributed by atoms with van der Waals surface area (Å²) in [4.78, 5) is 11.6. The fourth-order valence-electron chi connectivity index (χ4n) is 1.38. The first-order valence-electron chi connectivity index (χ1n) is 5.68. The molecule has 0 aromatic heterocycles. The molecule has 90 valence electrons. The van der Waals surface area contributed by atoms with Crippen molar-refractivity contribution in [3.63, 3.8) is 0 Å². The highest BCUT2D eigenvalue weighted by Gasteiger charge is 2.14. The Morgan fingerprint density at radius 2 is 1.93 bits per heavy atom. The Balaban J connectivity index is 3.77. The summed E-state index contributed by atoms with van der Waals surface area (Å²) in [5.41, 5.74) is 0. The van der Waals surface area contributed by atoms with Crippen molar-refractivity contribution in [2.75, 3.05) is 20.3 Å². The molecular weight excluding hydrogens is 192 g/mol. The van der Waals surface area contributed by atoms with E-state index in [-0.39, 0.29) is 11.9 Å². The first-order chi connectivity index (χ1) is 7.15. The summed E-state index contributed by atoms with van der Waals surface area (Å²) >= 11 is 0. The van der Waals surface area contributed by atoms with Gasteiger partial charge in [-0.1, -0.05) is 13.8 Å². The zero-order chi connectivity index (χ0) is 11.7. The van der Waals surface area contributed by atoms with Crippen molar-refractivity contribution >= 4 is 5.91 Å². The van der Waals surface area contributed by atoms with E-state index >= 15 is 0 Å². The van der Waals surface area contributed by atoms with Crippen LogP contribution >= 0.6 is 0 Å². The van der Waals surface area contributed by atoms with Gasteiger partial charge in [-0.15, -0.1) is 0 Å². The van der Waals surface area contributed by atoms with E-state index in [2.05, 4.69) is 24.5 Å². The highest BCUT2D eigenvalue weighted by Crippen LogP contribution is 1.98. The quantitative estimate of drug-likeness (QED) is 0.593. The summed E-state index contributed by atoms with van der Waals surface area (Å²) in [5, 5.41) is 6.10. The Bertz CT molecular complexity index is 170. The van der Waals surface area contributed by atoms with Gasteiger partial charge in [0.1, 0.15) is 0 Å². The molecule has 0 radical (unpaired) electrons. The van der Waals surface area contributed by atoms with Crippen molar-refractivity contribution in [1.29, 1.82) is 0 Å². The smallest absolute Gasteiger partial charge is 0.236 e. The second-order valence-electron chi connectivity index (χ2n) is 3.69. The van der Waals surface area contributed by atoms with Gasteiger partial charge in [-0.3, -0.25) is 4.79 Å². The van der Waals surface area contributed by atoms with Crippen LogP contribution in [0.25, 0.3) is 0 Å². The molecule has 0 fully saturated rings. The van der Waals surface area contributed by atoms with Crippen LogP contribution in [-0.4, -0.2) is 38.3 Å². The lowest BCUT2D eigenvalue weighted by atomic mass is 10.1. The monoisotopic (exact) mass is 216 g/mol. The third-order valence-electron chi connectivity index (χ3n) is 2.47. The van der Waals surface area contributed by atoms with Gasteiger partial charge in [0.25, 0.3) is 0 Å². The summed E-state index contributed by atoms with van der Waals surface area (Å²) in [6.07, 6.45) is 2.10. The molecule has 0 spiro atoms. The molecule has 0 rings (SSSR count). The fourth-order valence-corrected chi connectivity index (χ4v) is 1.38. The molecule has 0 aliphatic carbocycles. The number of hydrogen-bond donors (Lipinski definition) is 2. The summed E-state index contributed by atoms with van der Waals surface area (Å²) in [7, 11) is 1.62. The minimum absolute atomic E-state index is 0.0407. The predicted molar refractivity (Wildman–Crippen MR) is 61.9 cm³/mol. The van der Waals surface area contributed by atoms with E-state index in [1.807, 2.05) is 6.92 Å². The second kappa shape index (κ2) is 8.68. The van der Waals surface area contributed by atoms with Crippen LogP contribution in [0.4, 0.5) is 0 Å². The lowest BCUT2D eigenvalue weighted by Crippen LogP contribution is -2.46. The van der Waals surface area contributed by atoms with E-state index in [1.54, 1.807) is 7.11 Å². The minimum atomic E-state index is -0.133. The molecule has 1 amide bonds. The molecule has 0 bridgehead atoms. The van der Waals surface area contributed by atoms with Gasteiger partial charge in [0.15, 0.2) is 0 Å². The number of ether oxygens (including phenoxy) is 1. The molecule has 0 aromatic rings. The maximum absolute atomic E-state index is 11.6. The molecule has 0 heterocycles. The lowest BCUT2D eigenvalue weighted by Gasteiger charge is -2.20. The molecule has 0 saturated heterocycles. The van der Waals surface area contributed by atoms with Gasteiger partial charge in [-0.2, -0.15) is 0 Å². The molecule has 0 aromatic carbocycles. The number of amides is 1. The summed E-state index contributed by atoms with van der Waals surface area (Å²) in [6, 6.07) is 0.292. The van der Waals surface area contributed by atoms with E-state index in [1.165, 1.54) is 0 Å². The average Bonchev–Trinajstić information content (AvgIpc) is 2.25. The van der Waals surface area contributed by atoms with E-state index in [4.69, 9.17) is 4.74 Å². The van der Waals surface area contributed by atoms with Crippen LogP contribution in [0, 0.1) is 0 Å². The van der Waals surface area contributed by atoms with E-state index < -0.39 is 0 Å². The normalized spacial score (nSPS) is 12.9. The number of rotatable bonds is 8. The molecule has 15 heavy (non-hydrogen) atoms. The molecule has 4 nitrogen and oxygen atoms in total. The van der Waals surface area contributed by atoms with Gasteiger partial charge in [0, 0.05) is 19.7 Å². The van der Waals surface area contributed by atoms with E-state index in [9.17, 15) is 4.79 Å². The average molecular weight is 216 g/mol. The van der Waals surface area contributed by atoms with Crippen molar-refractivity contribution in [2.45, 2.75) is 45.7 Å². The molecule has 0 saturated carbocycles. The van der Waals surface area contributed by atoms with Crippen LogP contribution in [0.3, 0.4) is 0 Å². The molecular formula is C11H24N2O2. The zero-order valence-corrected chi connectivity index (χ0v) is 10.3. The molecule has 0 aliphatic heterocycles. The molecule has 4 heteroatoms. The Morgan fingerprint density at radius 3 is 2.40 bits per heavy atom. The Labute approximate surface area is 92.8 Å². The van der Waals surface area contributed by atoms with Crippen LogP contribution < -0.4 is 10.6 Å². The summed E-state index contributed by atoms with van der Waals surface area (Å²) < 4.78 is 4.86. The Morgan fingerprint density at radius 1 is 1.33 bits per heavy atom. The maximum Gasteiger partial charge on any atom is 0.236 e. The topological polar surface area (TPSA) is 50.4 Å². The minimum Gasteiger partial charge on any atom is -0.383 e. The number of methoxy groups -OCH3 is 1. The van der Waals surface area contributed by atoms with Crippen LogP contribution in [0.15, 0.2) is 0 Å². The van der Waals surface area contributed by atoms with Gasteiger partial charge in [-0.25, -0.2) is 0 Å². The van der Waals surface area contributed by atoms with Crippen molar-refractivity contribution < 1.29 is 9.53 Å². The zero-order valence-electron chi connectivity index (χ0n) is 10.3. The third kappa shape index (κ3) is 6.47. The van der Waals surface area contributed by atoms with Crippen molar-refractivity contribution in [1.82, 2.24) is 10.6 Å². The molecule has 0 aliphatic rings. The van der Waals surface area contributed by atoms with Gasteiger partial charge in [0.05, 0.1) is 12.6 Å². The molecule has 1 atom stereocenters. The Hall–Kier alpha value is -0.610. The summed E-state index contributed by atoms with van der Waals surface area (Å²) in [6.45, 7) is 7.27. The van der Waals surface area contributed by atoms with Gasteiger partial charge in [0.2, 0.25) is 5.91 Å². The number of carbonyl (C=O) groups excluding carboxylic acids is 1. The SMILES string of the molecule is CCC(CC)NC(C)C(=O)NCCOC. The van der Waals surface area contributed by atoms with Crippen molar-refractivity contribution in [2.24, 2.45) is 0 Å². The largest absolute Gasteiger partial charge is 0.383 e. The first-order valence-corrected chi connectivity index (χ1v) is 5.68. The van der Waals surface area contributed by atoms with Gasteiger partial charge < -0.3 is 15.4 Å². The maximum atomic E-state index is 11.6. The molecule has 2 N–H and O–H groups in total. The second-order valence-corrected chi connectivity index (χ2v) is 3.69. The van der Waals surface area contributed by atoms with Crippen LogP contribution in [-0.2, 0) is 9.53 Å². The van der Waals surface area contributed by atoms with Crippen LogP contribution in [0.2, 0.25) is 0 Å². The number of hydrogen-bond acceptors (Lipinski definition) is 3. The van der Waals surface area contributed by atoms with E-state index in [0.717, 1.165) is 12.8 Å². The van der Waals surface area contributed by atoms with E-state index in [0.29, 0.717) is 19.2 Å².